The van der Waals surface area contributed by atoms with Crippen molar-refractivity contribution < 1.29 is 4.39 Å². The van der Waals surface area contributed by atoms with E-state index in [4.69, 9.17) is 11.6 Å². The maximum Gasteiger partial charge on any atom is 0.131 e. The van der Waals surface area contributed by atoms with Crippen molar-refractivity contribution in [2.75, 3.05) is 0 Å². The van der Waals surface area contributed by atoms with Crippen LogP contribution in [0.5, 0.6) is 0 Å². The topological polar surface area (TPSA) is 35.8 Å². The van der Waals surface area contributed by atoms with E-state index in [9.17, 15) is 9.65 Å². The van der Waals surface area contributed by atoms with Crippen molar-refractivity contribution in [3.63, 3.8) is 0 Å². The largest absolute Gasteiger partial charge is 0.293 e. The predicted octanol–water partition coefficient (Wildman–Crippen LogP) is 2.97. The summed E-state index contributed by atoms with van der Waals surface area (Å²) in [5, 5.41) is 12.8. The molecule has 2 nitrogen and oxygen atoms in total. The Morgan fingerprint density at radius 1 is 1.56 bits per heavy atom. The number of halogens is 2. The van der Waals surface area contributed by atoms with Crippen LogP contribution in [0.15, 0.2) is 18.2 Å². The Bertz CT molecular complexity index is 451. The molecule has 4 heteroatoms. The molecule has 1 aromatic carbocycles. The molecule has 1 aromatic rings. The monoisotopic (exact) mass is 238 g/mol. The number of nitrogens with one attached hydrogen (secondary N) is 1. The molecule has 0 bridgehead atoms. The van der Waals surface area contributed by atoms with Gasteiger partial charge in [0.1, 0.15) is 11.4 Å². The zero-order chi connectivity index (χ0) is 11.8. The van der Waals surface area contributed by atoms with Crippen LogP contribution in [0, 0.1) is 17.1 Å². The van der Waals surface area contributed by atoms with Crippen molar-refractivity contribution in [3.8, 4) is 6.07 Å². The van der Waals surface area contributed by atoms with Crippen molar-refractivity contribution in [1.29, 1.82) is 5.26 Å². The number of hydrogen-bond donors (Lipinski definition) is 1. The summed E-state index contributed by atoms with van der Waals surface area (Å²) >= 11 is 5.97. The highest BCUT2D eigenvalue weighted by Gasteiger charge is 2.35. The van der Waals surface area contributed by atoms with Gasteiger partial charge in [-0.25, -0.2) is 4.39 Å². The lowest BCUT2D eigenvalue weighted by Gasteiger charge is -2.24. The molecule has 1 saturated carbocycles. The van der Waals surface area contributed by atoms with Crippen molar-refractivity contribution in [2.24, 2.45) is 0 Å². The lowest BCUT2D eigenvalue weighted by atomic mass is 9.93. The van der Waals surface area contributed by atoms with Crippen molar-refractivity contribution in [2.45, 2.75) is 31.3 Å². The summed E-state index contributed by atoms with van der Waals surface area (Å²) in [6.45, 7) is 1.77. The molecule has 1 aliphatic rings. The van der Waals surface area contributed by atoms with Crippen LogP contribution in [-0.4, -0.2) is 6.04 Å². The number of hydrogen-bond acceptors (Lipinski definition) is 2. The van der Waals surface area contributed by atoms with Crippen LogP contribution in [0.25, 0.3) is 0 Å². The highest BCUT2D eigenvalue weighted by atomic mass is 35.5. The van der Waals surface area contributed by atoms with Crippen LogP contribution in [0.4, 0.5) is 4.39 Å². The molecule has 16 heavy (non-hydrogen) atoms. The van der Waals surface area contributed by atoms with E-state index in [1.165, 1.54) is 12.1 Å². The van der Waals surface area contributed by atoms with Crippen LogP contribution >= 0.6 is 11.6 Å². The van der Waals surface area contributed by atoms with E-state index in [-0.39, 0.29) is 10.8 Å². The molecule has 0 radical (unpaired) electrons. The summed E-state index contributed by atoms with van der Waals surface area (Å²) in [4.78, 5) is 0. The van der Waals surface area contributed by atoms with Gasteiger partial charge in [0.15, 0.2) is 0 Å². The smallest absolute Gasteiger partial charge is 0.131 e. The van der Waals surface area contributed by atoms with Crippen LogP contribution in [-0.2, 0) is 5.54 Å². The van der Waals surface area contributed by atoms with Gasteiger partial charge in [0.05, 0.1) is 6.07 Å². The quantitative estimate of drug-likeness (QED) is 0.879. The Morgan fingerprint density at radius 3 is 2.75 bits per heavy atom. The maximum atomic E-state index is 12.9. The van der Waals surface area contributed by atoms with Crippen molar-refractivity contribution >= 4 is 11.6 Å². The molecule has 0 heterocycles. The zero-order valence-corrected chi connectivity index (χ0v) is 9.68. The maximum absolute atomic E-state index is 12.9. The van der Waals surface area contributed by atoms with E-state index < -0.39 is 5.54 Å². The number of benzene rings is 1. The third kappa shape index (κ3) is 2.18. The molecule has 1 fully saturated rings. The Balaban J connectivity index is 2.35. The van der Waals surface area contributed by atoms with E-state index in [0.29, 0.717) is 11.6 Å². The summed E-state index contributed by atoms with van der Waals surface area (Å²) < 4.78 is 12.9. The zero-order valence-electron chi connectivity index (χ0n) is 8.93. The number of nitriles is 1. The molecule has 84 valence electrons. The first-order valence-electron chi connectivity index (χ1n) is 5.19. The van der Waals surface area contributed by atoms with Gasteiger partial charge < -0.3 is 0 Å². The highest BCUT2D eigenvalue weighted by molar-refractivity contribution is 6.31. The van der Waals surface area contributed by atoms with E-state index in [1.54, 1.807) is 13.0 Å². The van der Waals surface area contributed by atoms with Gasteiger partial charge in [0.2, 0.25) is 0 Å². The SMILES string of the molecule is CC(C#N)(NC1CC1)c1ccc(F)cc1Cl. The molecule has 1 N–H and O–H groups in total. The molecule has 2 rings (SSSR count). The van der Waals surface area contributed by atoms with Gasteiger partial charge in [-0.3, -0.25) is 5.32 Å². The second kappa shape index (κ2) is 4.04. The van der Waals surface area contributed by atoms with E-state index in [0.717, 1.165) is 12.8 Å². The van der Waals surface area contributed by atoms with Crippen LogP contribution in [0.3, 0.4) is 0 Å². The Kier molecular flexibility index (Phi) is 2.88. The first kappa shape index (κ1) is 11.4. The Hall–Kier alpha value is -1.11. The van der Waals surface area contributed by atoms with E-state index in [2.05, 4.69) is 11.4 Å². The number of rotatable bonds is 3. The van der Waals surface area contributed by atoms with Crippen LogP contribution in [0.1, 0.15) is 25.3 Å². The Labute approximate surface area is 99.0 Å². The molecule has 1 aliphatic carbocycles. The first-order valence-corrected chi connectivity index (χ1v) is 5.57. The van der Waals surface area contributed by atoms with Crippen LogP contribution < -0.4 is 5.32 Å². The molecule has 0 spiro atoms. The molecular weight excluding hydrogens is 227 g/mol. The van der Waals surface area contributed by atoms with Gasteiger partial charge >= 0.3 is 0 Å². The average Bonchev–Trinajstić information content (AvgIpc) is 3.01. The molecule has 1 atom stereocenters. The number of nitrogens with zero attached hydrogens (tertiary/aromatic N) is 1. The van der Waals surface area contributed by atoms with Gasteiger partial charge in [0.25, 0.3) is 0 Å². The highest BCUT2D eigenvalue weighted by Crippen LogP contribution is 2.32. The summed E-state index contributed by atoms with van der Waals surface area (Å²) in [7, 11) is 0. The predicted molar refractivity (Wildman–Crippen MR) is 60.5 cm³/mol. The fourth-order valence-corrected chi connectivity index (χ4v) is 2.06. The van der Waals surface area contributed by atoms with E-state index in [1.807, 2.05) is 0 Å². The fraction of sp³-hybridized carbons (Fsp3) is 0.417. The first-order chi connectivity index (χ1) is 7.55. The summed E-state index contributed by atoms with van der Waals surface area (Å²) in [5.41, 5.74) is -0.212. The molecule has 1 unspecified atom stereocenters. The minimum Gasteiger partial charge on any atom is -0.293 e. The minimum absolute atomic E-state index is 0.289. The van der Waals surface area contributed by atoms with Crippen molar-refractivity contribution in [3.05, 3.63) is 34.6 Å². The van der Waals surface area contributed by atoms with Gasteiger partial charge in [-0.1, -0.05) is 17.7 Å². The fourth-order valence-electron chi connectivity index (χ4n) is 1.70. The van der Waals surface area contributed by atoms with Gasteiger partial charge in [-0.15, -0.1) is 0 Å². The lowest BCUT2D eigenvalue weighted by Crippen LogP contribution is -2.39. The van der Waals surface area contributed by atoms with Gasteiger partial charge in [-0.05, 0) is 31.9 Å². The third-order valence-corrected chi connectivity index (χ3v) is 3.08. The second-order valence-electron chi connectivity index (χ2n) is 4.28. The lowest BCUT2D eigenvalue weighted by molar-refractivity contribution is 0.461. The van der Waals surface area contributed by atoms with Gasteiger partial charge in [-0.2, -0.15) is 5.26 Å². The molecular formula is C12H12ClFN2. The molecule has 0 saturated heterocycles. The summed E-state index contributed by atoms with van der Waals surface area (Å²) in [6.07, 6.45) is 2.16. The summed E-state index contributed by atoms with van der Waals surface area (Å²) in [6, 6.07) is 6.72. The molecule has 0 amide bonds. The standard InChI is InChI=1S/C12H12ClFN2/c1-12(7-15,16-9-3-4-9)10-5-2-8(14)6-11(10)13/h2,5-6,9,16H,3-4H2,1H3. The van der Waals surface area contributed by atoms with Crippen molar-refractivity contribution in [1.82, 2.24) is 5.32 Å². The minimum atomic E-state index is -0.841. The molecule has 0 aromatic heterocycles. The van der Waals surface area contributed by atoms with Gasteiger partial charge in [0, 0.05) is 16.6 Å². The normalized spacial score (nSPS) is 18.9. The van der Waals surface area contributed by atoms with E-state index >= 15 is 0 Å². The average molecular weight is 239 g/mol. The summed E-state index contributed by atoms with van der Waals surface area (Å²) in [5.74, 6) is -0.388. The second-order valence-corrected chi connectivity index (χ2v) is 4.69. The third-order valence-electron chi connectivity index (χ3n) is 2.76. The van der Waals surface area contributed by atoms with Crippen LogP contribution in [0.2, 0.25) is 5.02 Å². The molecule has 0 aliphatic heterocycles. The Morgan fingerprint density at radius 2 is 2.25 bits per heavy atom.